The van der Waals surface area contributed by atoms with Gasteiger partial charge in [-0.1, -0.05) is 18.9 Å². The third-order valence-electron chi connectivity index (χ3n) is 4.25. The van der Waals surface area contributed by atoms with E-state index in [1.807, 2.05) is 17.9 Å². The van der Waals surface area contributed by atoms with E-state index in [0.717, 1.165) is 24.5 Å². The minimum Gasteiger partial charge on any atom is -0.289 e. The monoisotopic (exact) mass is 284 g/mol. The van der Waals surface area contributed by atoms with Gasteiger partial charge in [0.15, 0.2) is 0 Å². The predicted molar refractivity (Wildman–Crippen MR) is 83.8 cm³/mol. The van der Waals surface area contributed by atoms with Crippen LogP contribution in [0, 0.1) is 6.92 Å². The van der Waals surface area contributed by atoms with Gasteiger partial charge in [0.25, 0.3) is 0 Å². The second-order valence-electron chi connectivity index (χ2n) is 6.02. The summed E-state index contributed by atoms with van der Waals surface area (Å²) in [5.74, 6) is 0. The molecule has 1 atom stereocenters. The number of nitrogens with zero attached hydrogens (tertiary/aromatic N) is 4. The van der Waals surface area contributed by atoms with E-state index in [-0.39, 0.29) is 0 Å². The van der Waals surface area contributed by atoms with Crippen molar-refractivity contribution in [3.8, 4) is 0 Å². The van der Waals surface area contributed by atoms with Crippen molar-refractivity contribution in [1.29, 1.82) is 0 Å². The van der Waals surface area contributed by atoms with Crippen molar-refractivity contribution < 1.29 is 0 Å². The van der Waals surface area contributed by atoms with Gasteiger partial charge in [-0.15, -0.1) is 0 Å². The van der Waals surface area contributed by atoms with Crippen molar-refractivity contribution in [3.05, 3.63) is 47.5 Å². The van der Waals surface area contributed by atoms with Gasteiger partial charge in [-0.2, -0.15) is 5.10 Å². The summed E-state index contributed by atoms with van der Waals surface area (Å²) in [6.07, 6.45) is 7.13. The predicted octanol–water partition coefficient (Wildman–Crippen LogP) is 3.24. The quantitative estimate of drug-likeness (QED) is 0.867. The molecule has 21 heavy (non-hydrogen) atoms. The first-order valence-electron chi connectivity index (χ1n) is 7.88. The van der Waals surface area contributed by atoms with E-state index in [1.54, 1.807) is 0 Å². The standard InChI is InChI=1S/C17H24N4/c1-14-7-6-8-15(18-14)13-21-11-5-3-4-9-17(21)16-10-12-20(2)19-16/h6-8,10,12,17H,3-5,9,11,13H2,1-2H3. The molecule has 4 heteroatoms. The van der Waals surface area contributed by atoms with Crippen LogP contribution in [0.15, 0.2) is 30.5 Å². The summed E-state index contributed by atoms with van der Waals surface area (Å²) in [4.78, 5) is 7.22. The van der Waals surface area contributed by atoms with E-state index in [2.05, 4.69) is 46.2 Å². The summed E-state index contributed by atoms with van der Waals surface area (Å²) in [5, 5.41) is 4.64. The molecule has 0 bridgehead atoms. The smallest absolute Gasteiger partial charge is 0.0796 e. The lowest BCUT2D eigenvalue weighted by Gasteiger charge is -2.28. The van der Waals surface area contributed by atoms with E-state index in [0.29, 0.717) is 6.04 Å². The molecule has 0 aromatic carbocycles. The summed E-state index contributed by atoms with van der Waals surface area (Å²) in [6, 6.07) is 8.88. The molecule has 3 heterocycles. The summed E-state index contributed by atoms with van der Waals surface area (Å²) >= 11 is 0. The molecule has 2 aromatic rings. The van der Waals surface area contributed by atoms with Gasteiger partial charge in [-0.3, -0.25) is 14.6 Å². The Labute approximate surface area is 126 Å². The molecule has 1 saturated heterocycles. The average molecular weight is 284 g/mol. The Morgan fingerprint density at radius 2 is 2.10 bits per heavy atom. The zero-order valence-corrected chi connectivity index (χ0v) is 13.0. The van der Waals surface area contributed by atoms with Gasteiger partial charge in [0.2, 0.25) is 0 Å². The first-order chi connectivity index (χ1) is 10.2. The molecule has 2 aromatic heterocycles. The molecular formula is C17H24N4. The van der Waals surface area contributed by atoms with Crippen LogP contribution >= 0.6 is 0 Å². The zero-order valence-electron chi connectivity index (χ0n) is 13.0. The molecule has 3 rings (SSSR count). The SMILES string of the molecule is Cc1cccc(CN2CCCCCC2c2ccn(C)n2)n1. The number of pyridine rings is 1. The van der Waals surface area contributed by atoms with Gasteiger partial charge in [-0.25, -0.2) is 0 Å². The molecule has 0 amide bonds. The maximum absolute atomic E-state index is 4.66. The summed E-state index contributed by atoms with van der Waals surface area (Å²) < 4.78 is 1.91. The lowest BCUT2D eigenvalue weighted by atomic mass is 10.1. The number of hydrogen-bond donors (Lipinski definition) is 0. The van der Waals surface area contributed by atoms with E-state index in [9.17, 15) is 0 Å². The number of hydrogen-bond acceptors (Lipinski definition) is 3. The molecule has 0 radical (unpaired) electrons. The summed E-state index contributed by atoms with van der Waals surface area (Å²) in [5.41, 5.74) is 3.46. The van der Waals surface area contributed by atoms with Crippen molar-refractivity contribution in [2.24, 2.45) is 7.05 Å². The lowest BCUT2D eigenvalue weighted by molar-refractivity contribution is 0.186. The summed E-state index contributed by atoms with van der Waals surface area (Å²) in [7, 11) is 1.99. The number of rotatable bonds is 3. The molecule has 0 aliphatic carbocycles. The van der Waals surface area contributed by atoms with E-state index >= 15 is 0 Å². The fourth-order valence-corrected chi connectivity index (χ4v) is 3.20. The molecule has 112 valence electrons. The third-order valence-corrected chi connectivity index (χ3v) is 4.25. The molecule has 4 nitrogen and oxygen atoms in total. The number of aromatic nitrogens is 3. The van der Waals surface area contributed by atoms with Crippen LogP contribution in [-0.4, -0.2) is 26.2 Å². The largest absolute Gasteiger partial charge is 0.289 e. The first kappa shape index (κ1) is 14.3. The van der Waals surface area contributed by atoms with E-state index in [4.69, 9.17) is 0 Å². The van der Waals surface area contributed by atoms with Crippen LogP contribution in [0.5, 0.6) is 0 Å². The minimum absolute atomic E-state index is 0.427. The van der Waals surface area contributed by atoms with E-state index in [1.165, 1.54) is 31.4 Å². The van der Waals surface area contributed by atoms with Crippen molar-refractivity contribution in [3.63, 3.8) is 0 Å². The maximum Gasteiger partial charge on any atom is 0.0796 e. The van der Waals surface area contributed by atoms with Gasteiger partial charge in [0, 0.05) is 25.5 Å². The minimum atomic E-state index is 0.427. The average Bonchev–Trinajstić information content (AvgIpc) is 2.75. The highest BCUT2D eigenvalue weighted by molar-refractivity contribution is 5.12. The highest BCUT2D eigenvalue weighted by Gasteiger charge is 2.24. The first-order valence-corrected chi connectivity index (χ1v) is 7.88. The van der Waals surface area contributed by atoms with Crippen LogP contribution in [0.25, 0.3) is 0 Å². The Morgan fingerprint density at radius 1 is 1.19 bits per heavy atom. The molecule has 1 aliphatic heterocycles. The highest BCUT2D eigenvalue weighted by Crippen LogP contribution is 2.30. The fraction of sp³-hybridized carbons (Fsp3) is 0.529. The van der Waals surface area contributed by atoms with E-state index < -0.39 is 0 Å². The van der Waals surface area contributed by atoms with Crippen molar-refractivity contribution in [1.82, 2.24) is 19.7 Å². The maximum atomic E-state index is 4.66. The Hall–Kier alpha value is -1.68. The van der Waals surface area contributed by atoms with Crippen molar-refractivity contribution in [2.75, 3.05) is 6.54 Å². The molecule has 1 fully saturated rings. The summed E-state index contributed by atoms with van der Waals surface area (Å²) in [6.45, 7) is 4.11. The van der Waals surface area contributed by atoms with Crippen molar-refractivity contribution >= 4 is 0 Å². The topological polar surface area (TPSA) is 34.0 Å². The Morgan fingerprint density at radius 3 is 2.86 bits per heavy atom. The molecule has 0 N–H and O–H groups in total. The third kappa shape index (κ3) is 3.50. The molecule has 1 unspecified atom stereocenters. The van der Waals surface area contributed by atoms with Gasteiger partial charge in [0.05, 0.1) is 17.4 Å². The molecular weight excluding hydrogens is 260 g/mol. The van der Waals surface area contributed by atoms with Crippen LogP contribution in [0.4, 0.5) is 0 Å². The highest BCUT2D eigenvalue weighted by atomic mass is 15.3. The van der Waals surface area contributed by atoms with Gasteiger partial charge >= 0.3 is 0 Å². The Bertz CT molecular complexity index is 590. The lowest BCUT2D eigenvalue weighted by Crippen LogP contribution is -2.29. The van der Waals surface area contributed by atoms with Gasteiger partial charge < -0.3 is 0 Å². The van der Waals surface area contributed by atoms with Crippen LogP contribution in [0.1, 0.15) is 48.8 Å². The second kappa shape index (κ2) is 6.39. The molecule has 0 spiro atoms. The normalized spacial score (nSPS) is 20.4. The van der Waals surface area contributed by atoms with Gasteiger partial charge in [0.1, 0.15) is 0 Å². The molecule has 1 aliphatic rings. The van der Waals surface area contributed by atoms with Crippen LogP contribution in [0.3, 0.4) is 0 Å². The fourth-order valence-electron chi connectivity index (χ4n) is 3.20. The van der Waals surface area contributed by atoms with Gasteiger partial charge in [-0.05, 0) is 44.5 Å². The Balaban J connectivity index is 1.81. The number of likely N-dealkylation sites (tertiary alicyclic amines) is 1. The Kier molecular flexibility index (Phi) is 4.34. The second-order valence-corrected chi connectivity index (χ2v) is 6.02. The van der Waals surface area contributed by atoms with Crippen LogP contribution < -0.4 is 0 Å². The zero-order chi connectivity index (χ0) is 14.7. The van der Waals surface area contributed by atoms with Crippen LogP contribution in [0.2, 0.25) is 0 Å². The van der Waals surface area contributed by atoms with Crippen molar-refractivity contribution in [2.45, 2.75) is 45.2 Å². The molecule has 0 saturated carbocycles. The number of aryl methyl sites for hydroxylation is 2. The van der Waals surface area contributed by atoms with Crippen LogP contribution in [-0.2, 0) is 13.6 Å².